The lowest BCUT2D eigenvalue weighted by atomic mass is 9.82. The molecule has 0 bridgehead atoms. The van der Waals surface area contributed by atoms with E-state index in [2.05, 4.69) is 10.2 Å². The highest BCUT2D eigenvalue weighted by Gasteiger charge is 2.72. The number of likely N-dealkylation sites (tertiary alicyclic amines) is 1. The van der Waals surface area contributed by atoms with Crippen LogP contribution in [0.2, 0.25) is 0 Å². The molecule has 8 heteroatoms. The maximum absolute atomic E-state index is 13.8. The van der Waals surface area contributed by atoms with Gasteiger partial charge in [-0.15, -0.1) is 0 Å². The summed E-state index contributed by atoms with van der Waals surface area (Å²) in [4.78, 5) is 42.9. The first-order valence-electron chi connectivity index (χ1n) is 10.4. The van der Waals surface area contributed by atoms with Gasteiger partial charge in [0.25, 0.3) is 0 Å². The highest BCUT2D eigenvalue weighted by atomic mass is 16.5. The Kier molecular flexibility index (Phi) is 4.15. The van der Waals surface area contributed by atoms with Crippen molar-refractivity contribution in [3.8, 4) is 0 Å². The van der Waals surface area contributed by atoms with E-state index in [1.807, 2.05) is 4.90 Å². The number of carbonyl (C=O) groups is 3. The van der Waals surface area contributed by atoms with E-state index >= 15 is 0 Å². The number of carbonyl (C=O) groups excluding carboxylic acids is 3. The summed E-state index contributed by atoms with van der Waals surface area (Å²) < 4.78 is 11.4. The van der Waals surface area contributed by atoms with Gasteiger partial charge in [-0.3, -0.25) is 14.4 Å². The summed E-state index contributed by atoms with van der Waals surface area (Å²) in [5.41, 5.74) is 1.07. The molecule has 3 fully saturated rings. The average Bonchev–Trinajstić information content (AvgIpc) is 3.32. The second kappa shape index (κ2) is 6.40. The third-order valence-corrected chi connectivity index (χ3v) is 7.13. The van der Waals surface area contributed by atoms with Crippen LogP contribution in [0.15, 0.2) is 22.5 Å². The molecule has 0 aromatic carbocycles. The number of methoxy groups -OCH3 is 1. The van der Waals surface area contributed by atoms with Crippen molar-refractivity contribution in [1.29, 1.82) is 0 Å². The van der Waals surface area contributed by atoms with E-state index in [0.29, 0.717) is 29.1 Å². The van der Waals surface area contributed by atoms with Gasteiger partial charge in [-0.1, -0.05) is 0 Å². The molecule has 156 valence electrons. The van der Waals surface area contributed by atoms with Crippen molar-refractivity contribution in [3.05, 3.63) is 22.5 Å². The number of hydrogen-bond acceptors (Lipinski definition) is 8. The van der Waals surface area contributed by atoms with Crippen molar-refractivity contribution in [1.82, 2.24) is 15.1 Å². The number of hydrogen-bond donors (Lipinski definition) is 1. The van der Waals surface area contributed by atoms with Gasteiger partial charge in [0.1, 0.15) is 6.61 Å². The summed E-state index contributed by atoms with van der Waals surface area (Å²) in [6.45, 7) is 5.32. The van der Waals surface area contributed by atoms with E-state index in [9.17, 15) is 14.4 Å². The molecule has 4 aliphatic heterocycles. The molecular formula is C21H27N3O5. The maximum Gasteiger partial charge on any atom is 0.302 e. The summed E-state index contributed by atoms with van der Waals surface area (Å²) in [5, 5.41) is 3.39. The summed E-state index contributed by atoms with van der Waals surface area (Å²) in [6.07, 6.45) is 3.18. The number of piperazine rings is 1. The van der Waals surface area contributed by atoms with Gasteiger partial charge in [0.05, 0.1) is 23.4 Å². The van der Waals surface area contributed by atoms with Gasteiger partial charge in [-0.25, -0.2) is 0 Å². The lowest BCUT2D eigenvalue weighted by molar-refractivity contribution is -0.156. The predicted molar refractivity (Wildman–Crippen MR) is 102 cm³/mol. The molecular weight excluding hydrogens is 374 g/mol. The monoisotopic (exact) mass is 401 g/mol. The number of fused-ring (bicyclic) bond motifs is 4. The third kappa shape index (κ3) is 2.42. The second-order valence-corrected chi connectivity index (χ2v) is 8.61. The van der Waals surface area contributed by atoms with Gasteiger partial charge in [0, 0.05) is 50.9 Å². The molecule has 3 saturated heterocycles. The molecule has 0 aromatic heterocycles. The van der Waals surface area contributed by atoms with Gasteiger partial charge in [-0.2, -0.15) is 0 Å². The third-order valence-electron chi connectivity index (χ3n) is 7.13. The van der Waals surface area contributed by atoms with E-state index in [-0.39, 0.29) is 30.3 Å². The molecule has 5 aliphatic rings. The van der Waals surface area contributed by atoms with Gasteiger partial charge in [0.2, 0.25) is 11.6 Å². The van der Waals surface area contributed by atoms with E-state index in [0.717, 1.165) is 32.4 Å². The zero-order valence-corrected chi connectivity index (χ0v) is 17.1. The number of Topliss-reactive ketones (excluding diaryl/α,β-unsaturated/α-hetero) is 2. The minimum atomic E-state index is -0.867. The molecule has 8 nitrogen and oxygen atoms in total. The zero-order valence-electron chi connectivity index (χ0n) is 17.1. The predicted octanol–water partition coefficient (Wildman–Crippen LogP) is 0.344. The molecule has 4 heterocycles. The van der Waals surface area contributed by atoms with Crippen LogP contribution in [-0.4, -0.2) is 78.5 Å². The SMILES string of the molecule is CO[C@@]12[C@H](COC(C)=O)C3=C(C(=O)C(C)=C(N4CCCCC4)C3=O)N1C[C@@H]1N[C@@H]12. The normalized spacial score (nSPS) is 35.8. The number of esters is 1. The Morgan fingerprint density at radius 1 is 1.17 bits per heavy atom. The first-order valence-corrected chi connectivity index (χ1v) is 10.4. The lowest BCUT2D eigenvalue weighted by Crippen LogP contribution is -2.55. The van der Waals surface area contributed by atoms with Crippen LogP contribution in [0.3, 0.4) is 0 Å². The highest BCUT2D eigenvalue weighted by molar-refractivity contribution is 6.25. The van der Waals surface area contributed by atoms with Crippen molar-refractivity contribution < 1.29 is 23.9 Å². The van der Waals surface area contributed by atoms with Gasteiger partial charge < -0.3 is 24.6 Å². The van der Waals surface area contributed by atoms with Gasteiger partial charge in [-0.05, 0) is 26.2 Å². The van der Waals surface area contributed by atoms with Crippen molar-refractivity contribution in [2.75, 3.05) is 33.4 Å². The van der Waals surface area contributed by atoms with Crippen LogP contribution < -0.4 is 5.32 Å². The van der Waals surface area contributed by atoms with Crippen LogP contribution in [-0.2, 0) is 23.9 Å². The Balaban J connectivity index is 1.59. The standard InChI is InChI=1S/C21H27N3O5/c1-11-16(23-7-5-4-6-8-23)19(27)15-13(10-29-12(2)25)21(28-3)20-14(22-20)9-24(21)17(15)18(11)26/h13-14,20,22H,4-10H2,1-3H3/t13-,14+,20+,21-/m1/s1. The Hall–Kier alpha value is -2.19. The number of allylic oxidation sites excluding steroid dienone is 2. The molecule has 0 unspecified atom stereocenters. The Morgan fingerprint density at radius 3 is 2.55 bits per heavy atom. The quantitative estimate of drug-likeness (QED) is 0.409. The average molecular weight is 401 g/mol. The molecule has 0 radical (unpaired) electrons. The molecule has 5 rings (SSSR count). The molecule has 29 heavy (non-hydrogen) atoms. The van der Waals surface area contributed by atoms with Crippen LogP contribution in [0, 0.1) is 5.92 Å². The molecule has 1 N–H and O–H groups in total. The number of ether oxygens (including phenoxy) is 2. The second-order valence-electron chi connectivity index (χ2n) is 8.61. The molecule has 0 spiro atoms. The summed E-state index contributed by atoms with van der Waals surface area (Å²) >= 11 is 0. The van der Waals surface area contributed by atoms with Crippen LogP contribution in [0.25, 0.3) is 0 Å². The van der Waals surface area contributed by atoms with Crippen molar-refractivity contribution in [3.63, 3.8) is 0 Å². The van der Waals surface area contributed by atoms with E-state index in [1.54, 1.807) is 14.0 Å². The first kappa shape index (κ1) is 18.8. The first-order chi connectivity index (χ1) is 13.9. The van der Waals surface area contributed by atoms with Gasteiger partial charge >= 0.3 is 5.97 Å². The summed E-state index contributed by atoms with van der Waals surface area (Å²) in [5.74, 6) is -1.12. The number of nitrogens with one attached hydrogen (secondary N) is 1. The topological polar surface area (TPSA) is 98.1 Å². The molecule has 0 amide bonds. The zero-order chi connectivity index (χ0) is 20.5. The Labute approximate surface area is 169 Å². The number of piperidine rings is 1. The van der Waals surface area contributed by atoms with E-state index in [4.69, 9.17) is 9.47 Å². The summed E-state index contributed by atoms with van der Waals surface area (Å²) in [7, 11) is 1.61. The van der Waals surface area contributed by atoms with Crippen LogP contribution >= 0.6 is 0 Å². The van der Waals surface area contributed by atoms with E-state index in [1.165, 1.54) is 6.92 Å². The van der Waals surface area contributed by atoms with E-state index < -0.39 is 17.6 Å². The van der Waals surface area contributed by atoms with Crippen LogP contribution in [0.5, 0.6) is 0 Å². The molecule has 4 atom stereocenters. The fourth-order valence-electron chi connectivity index (χ4n) is 5.81. The summed E-state index contributed by atoms with van der Waals surface area (Å²) in [6, 6.07) is 0.234. The molecule has 0 aromatic rings. The fourth-order valence-corrected chi connectivity index (χ4v) is 5.81. The minimum Gasteiger partial charge on any atom is -0.465 e. The smallest absolute Gasteiger partial charge is 0.302 e. The molecule has 0 saturated carbocycles. The Morgan fingerprint density at radius 2 is 1.90 bits per heavy atom. The molecule has 1 aliphatic carbocycles. The van der Waals surface area contributed by atoms with Gasteiger partial charge in [0.15, 0.2) is 5.72 Å². The fraction of sp³-hybridized carbons (Fsp3) is 0.667. The van der Waals surface area contributed by atoms with Crippen molar-refractivity contribution in [2.45, 2.75) is 50.9 Å². The van der Waals surface area contributed by atoms with Crippen LogP contribution in [0.4, 0.5) is 0 Å². The minimum absolute atomic E-state index is 0.0120. The number of nitrogens with zero attached hydrogens (tertiary/aromatic N) is 2. The lowest BCUT2D eigenvalue weighted by Gasteiger charge is -2.39. The highest BCUT2D eigenvalue weighted by Crippen LogP contribution is 2.56. The van der Waals surface area contributed by atoms with Crippen molar-refractivity contribution in [2.24, 2.45) is 5.92 Å². The number of ketones is 2. The number of rotatable bonds is 4. The maximum atomic E-state index is 13.8. The largest absolute Gasteiger partial charge is 0.465 e. The van der Waals surface area contributed by atoms with Crippen LogP contribution in [0.1, 0.15) is 33.1 Å². The Bertz CT molecular complexity index is 872. The van der Waals surface area contributed by atoms with Crippen molar-refractivity contribution >= 4 is 17.5 Å².